The summed E-state index contributed by atoms with van der Waals surface area (Å²) in [6, 6.07) is -2.15. The molecule has 0 aromatic carbocycles. The lowest BCUT2D eigenvalue weighted by Crippen LogP contribution is -2.47. The van der Waals surface area contributed by atoms with Gasteiger partial charge in [-0.2, -0.15) is 13.2 Å². The van der Waals surface area contributed by atoms with Gasteiger partial charge in [-0.3, -0.25) is 4.79 Å². The van der Waals surface area contributed by atoms with Crippen molar-refractivity contribution in [2.24, 2.45) is 17.6 Å². The summed E-state index contributed by atoms with van der Waals surface area (Å²) in [4.78, 5) is 11.6. The Kier molecular flexibility index (Phi) is 7.28. The van der Waals surface area contributed by atoms with Gasteiger partial charge in [-0.05, 0) is 18.8 Å². The van der Waals surface area contributed by atoms with Gasteiger partial charge in [0.25, 0.3) is 0 Å². The van der Waals surface area contributed by atoms with Gasteiger partial charge in [0.05, 0.1) is 12.5 Å². The van der Waals surface area contributed by atoms with Crippen LogP contribution >= 0.6 is 0 Å². The molecule has 0 aliphatic carbocycles. The van der Waals surface area contributed by atoms with Gasteiger partial charge in [-0.25, -0.2) is 0 Å². The van der Waals surface area contributed by atoms with Crippen LogP contribution in [0.1, 0.15) is 40.0 Å². The molecule has 3 nitrogen and oxygen atoms in total. The highest BCUT2D eigenvalue weighted by Gasteiger charge is 2.45. The number of hydrogen-bond donors (Lipinski definition) is 1. The number of alkyl halides is 3. The number of hydrogen-bond acceptors (Lipinski definition) is 3. The van der Waals surface area contributed by atoms with E-state index in [4.69, 9.17) is 10.5 Å². The molecular formula is C12H22F3NO2. The summed E-state index contributed by atoms with van der Waals surface area (Å²) in [7, 11) is 0. The number of halogens is 3. The molecule has 108 valence electrons. The van der Waals surface area contributed by atoms with E-state index in [0.29, 0.717) is 12.8 Å². The molecule has 0 amide bonds. The number of esters is 1. The fourth-order valence-corrected chi connectivity index (χ4v) is 1.49. The second-order valence-electron chi connectivity index (χ2n) is 4.81. The van der Waals surface area contributed by atoms with Crippen LogP contribution in [0.25, 0.3) is 0 Å². The van der Waals surface area contributed by atoms with E-state index < -0.39 is 24.1 Å². The van der Waals surface area contributed by atoms with E-state index in [1.54, 1.807) is 6.92 Å². The fourth-order valence-electron chi connectivity index (χ4n) is 1.49. The minimum absolute atomic E-state index is 0.0981. The molecule has 0 aromatic heterocycles. The van der Waals surface area contributed by atoms with Crippen LogP contribution in [0.5, 0.6) is 0 Å². The smallest absolute Gasteiger partial charge is 0.404 e. The topological polar surface area (TPSA) is 52.3 Å². The highest BCUT2D eigenvalue weighted by atomic mass is 19.4. The van der Waals surface area contributed by atoms with Crippen molar-refractivity contribution in [2.45, 2.75) is 52.3 Å². The molecule has 0 aromatic rings. The molecule has 0 saturated carbocycles. The maximum atomic E-state index is 12.6. The normalized spacial score (nSPS) is 15.6. The van der Waals surface area contributed by atoms with E-state index >= 15 is 0 Å². The third-order valence-corrected chi connectivity index (χ3v) is 2.62. The van der Waals surface area contributed by atoms with Crippen LogP contribution in [0.2, 0.25) is 0 Å². The van der Waals surface area contributed by atoms with Crippen molar-refractivity contribution in [3.8, 4) is 0 Å². The minimum atomic E-state index is -4.58. The van der Waals surface area contributed by atoms with Crippen molar-refractivity contribution in [3.05, 3.63) is 0 Å². The van der Waals surface area contributed by atoms with Crippen LogP contribution in [0.4, 0.5) is 13.2 Å². The monoisotopic (exact) mass is 269 g/mol. The van der Waals surface area contributed by atoms with Crippen molar-refractivity contribution < 1.29 is 22.7 Å². The molecule has 0 spiro atoms. The van der Waals surface area contributed by atoms with Crippen molar-refractivity contribution in [3.63, 3.8) is 0 Å². The van der Waals surface area contributed by atoms with Crippen LogP contribution in [0, 0.1) is 11.8 Å². The van der Waals surface area contributed by atoms with Crippen molar-refractivity contribution in [1.82, 2.24) is 0 Å². The van der Waals surface area contributed by atoms with E-state index in [9.17, 15) is 18.0 Å². The van der Waals surface area contributed by atoms with Crippen LogP contribution < -0.4 is 5.73 Å². The summed E-state index contributed by atoms with van der Waals surface area (Å²) in [5.41, 5.74) is 5.13. The summed E-state index contributed by atoms with van der Waals surface area (Å²) in [6.45, 7) is 5.67. The quantitative estimate of drug-likeness (QED) is 0.723. The number of nitrogens with two attached hydrogens (primary N) is 1. The largest absolute Gasteiger partial charge is 0.465 e. The maximum Gasteiger partial charge on any atom is 0.404 e. The van der Waals surface area contributed by atoms with Crippen LogP contribution in [0.15, 0.2) is 0 Å². The molecule has 0 aliphatic rings. The molecule has 0 unspecified atom stereocenters. The van der Waals surface area contributed by atoms with E-state index in [-0.39, 0.29) is 18.9 Å². The molecule has 0 radical (unpaired) electrons. The van der Waals surface area contributed by atoms with Gasteiger partial charge in [0, 0.05) is 0 Å². The predicted molar refractivity (Wildman–Crippen MR) is 62.8 cm³/mol. The second kappa shape index (κ2) is 7.61. The first-order valence-electron chi connectivity index (χ1n) is 6.19. The van der Waals surface area contributed by atoms with E-state index in [1.165, 1.54) is 0 Å². The number of ether oxygens (including phenoxy) is 1. The van der Waals surface area contributed by atoms with Crippen molar-refractivity contribution in [1.29, 1.82) is 0 Å². The van der Waals surface area contributed by atoms with Gasteiger partial charge < -0.3 is 10.5 Å². The first-order valence-corrected chi connectivity index (χ1v) is 6.19. The second-order valence-corrected chi connectivity index (χ2v) is 4.81. The third kappa shape index (κ3) is 6.23. The molecular weight excluding hydrogens is 247 g/mol. The van der Waals surface area contributed by atoms with Crippen molar-refractivity contribution >= 4 is 5.97 Å². The van der Waals surface area contributed by atoms with Gasteiger partial charge in [-0.15, -0.1) is 0 Å². The number of carbonyl (C=O) groups excluding carboxylic acids is 1. The first-order chi connectivity index (χ1) is 8.20. The average Bonchev–Trinajstić information content (AvgIpc) is 2.24. The van der Waals surface area contributed by atoms with Gasteiger partial charge in [0.15, 0.2) is 0 Å². The van der Waals surface area contributed by atoms with Crippen LogP contribution in [-0.4, -0.2) is 24.8 Å². The lowest BCUT2D eigenvalue weighted by atomic mass is 9.91. The molecule has 0 saturated heterocycles. The molecule has 2 atom stereocenters. The first kappa shape index (κ1) is 17.2. The van der Waals surface area contributed by atoms with Gasteiger partial charge in [0.1, 0.15) is 6.04 Å². The SMILES string of the molecule is CCCOC(=O)[C@@H](CCC(C)C)[C@H](N)C(F)(F)F. The Morgan fingerprint density at radius 2 is 1.83 bits per heavy atom. The minimum Gasteiger partial charge on any atom is -0.465 e. The Morgan fingerprint density at radius 3 is 2.22 bits per heavy atom. The summed E-state index contributed by atoms with van der Waals surface area (Å²) in [5.74, 6) is -1.94. The molecule has 2 N–H and O–H groups in total. The third-order valence-electron chi connectivity index (χ3n) is 2.62. The zero-order valence-electron chi connectivity index (χ0n) is 11.1. The summed E-state index contributed by atoms with van der Waals surface area (Å²) >= 11 is 0. The molecule has 0 bridgehead atoms. The van der Waals surface area contributed by atoms with E-state index in [0.717, 1.165) is 0 Å². The Bertz CT molecular complexity index is 254. The lowest BCUT2D eigenvalue weighted by Gasteiger charge is -2.24. The average molecular weight is 269 g/mol. The molecule has 18 heavy (non-hydrogen) atoms. The maximum absolute atomic E-state index is 12.6. The zero-order valence-corrected chi connectivity index (χ0v) is 11.1. The molecule has 0 fully saturated rings. The Balaban J connectivity index is 4.65. The highest BCUT2D eigenvalue weighted by molar-refractivity contribution is 5.73. The van der Waals surface area contributed by atoms with Gasteiger partial charge in [-0.1, -0.05) is 27.2 Å². The fraction of sp³-hybridized carbons (Fsp3) is 0.917. The molecule has 0 aliphatic heterocycles. The molecule has 0 heterocycles. The number of rotatable bonds is 7. The van der Waals surface area contributed by atoms with Crippen molar-refractivity contribution in [2.75, 3.05) is 6.61 Å². The zero-order chi connectivity index (χ0) is 14.3. The van der Waals surface area contributed by atoms with Gasteiger partial charge >= 0.3 is 12.1 Å². The van der Waals surface area contributed by atoms with E-state index in [2.05, 4.69) is 0 Å². The standard InChI is InChI=1S/C12H22F3NO2/c1-4-7-18-11(17)9(6-5-8(2)3)10(16)12(13,14)15/h8-10H,4-7,16H2,1-3H3/t9-,10-/m0/s1. The summed E-state index contributed by atoms with van der Waals surface area (Å²) < 4.78 is 42.5. The Morgan fingerprint density at radius 1 is 1.28 bits per heavy atom. The Hall–Kier alpha value is -0.780. The number of carbonyl (C=O) groups is 1. The van der Waals surface area contributed by atoms with Crippen LogP contribution in [0.3, 0.4) is 0 Å². The van der Waals surface area contributed by atoms with Gasteiger partial charge in [0.2, 0.25) is 0 Å². The van der Waals surface area contributed by atoms with Crippen LogP contribution in [-0.2, 0) is 9.53 Å². The van der Waals surface area contributed by atoms with E-state index in [1.807, 2.05) is 13.8 Å². The molecule has 6 heteroatoms. The predicted octanol–water partition coefficient (Wildman–Crippen LogP) is 2.88. The lowest BCUT2D eigenvalue weighted by molar-refractivity contribution is -0.177. The Labute approximate surface area is 106 Å². The molecule has 0 rings (SSSR count). The summed E-state index contributed by atoms with van der Waals surface area (Å²) in [5, 5.41) is 0. The highest BCUT2D eigenvalue weighted by Crippen LogP contribution is 2.28. The summed E-state index contributed by atoms with van der Waals surface area (Å²) in [6.07, 6.45) is -3.40.